The van der Waals surface area contributed by atoms with Gasteiger partial charge in [0.05, 0.1) is 28.2 Å². The van der Waals surface area contributed by atoms with Crippen LogP contribution in [0.15, 0.2) is 0 Å². The van der Waals surface area contributed by atoms with E-state index < -0.39 is 18.4 Å². The van der Waals surface area contributed by atoms with Gasteiger partial charge in [-0.1, -0.05) is 18.7 Å². The average molecular weight is 334 g/mol. The lowest BCUT2D eigenvalue weighted by Gasteiger charge is -2.24. The summed E-state index contributed by atoms with van der Waals surface area (Å²) in [6.07, 6.45) is 0.455. The molecule has 1 unspecified atom stereocenters. The number of carbonyl (C=O) groups excluding carboxylic acids is 1. The zero-order chi connectivity index (χ0) is 17.2. The zero-order valence-electron chi connectivity index (χ0n) is 12.9. The van der Waals surface area contributed by atoms with Crippen LogP contribution in [-0.4, -0.2) is 58.0 Å². The van der Waals surface area contributed by atoms with E-state index in [0.717, 1.165) is 0 Å². The number of hydrogen-bond donors (Lipinski definition) is 3. The molecule has 0 saturated heterocycles. The van der Waals surface area contributed by atoms with Gasteiger partial charge in [-0.25, -0.2) is 4.79 Å². The molecule has 0 rings (SSSR count). The second-order valence-corrected chi connectivity index (χ2v) is 6.87. The molecule has 0 amide bonds. The van der Waals surface area contributed by atoms with Crippen molar-refractivity contribution < 1.29 is 39.9 Å². The van der Waals surface area contributed by atoms with Crippen molar-refractivity contribution in [3.63, 3.8) is 0 Å². The molecular weight excluding hydrogens is 307 g/mol. The number of carboxylic acid groups (broad SMARTS) is 2. The van der Waals surface area contributed by atoms with Crippen molar-refractivity contribution in [1.82, 2.24) is 0 Å². The first-order valence-corrected chi connectivity index (χ1v) is 8.79. The van der Waals surface area contributed by atoms with E-state index in [4.69, 9.17) is 24.3 Å². The molecule has 0 spiro atoms. The van der Waals surface area contributed by atoms with Crippen molar-refractivity contribution in [3.8, 4) is 0 Å². The lowest BCUT2D eigenvalue weighted by molar-refractivity contribution is -0.597. The molecule has 0 aliphatic rings. The smallest absolute Gasteiger partial charge is 0.351 e. The molecule has 0 aromatic rings. The van der Waals surface area contributed by atoms with Crippen LogP contribution >= 0.6 is 6.49 Å². The van der Waals surface area contributed by atoms with Gasteiger partial charge in [0.25, 0.3) is 0 Å². The molecule has 0 aromatic heterocycles. The Balaban J connectivity index is -0.0000000941. The quantitative estimate of drug-likeness (QED) is 0.354. The Morgan fingerprint density at radius 2 is 1.45 bits per heavy atom. The number of rotatable bonds is 3. The molecule has 0 fully saturated rings. The molecule has 124 valence electrons. The number of hydrogen-bond acceptors (Lipinski definition) is 6. The van der Waals surface area contributed by atoms with Crippen LogP contribution in [0, 0.1) is 0 Å². The van der Waals surface area contributed by atoms with Crippen LogP contribution < -0.4 is 20.6 Å². The summed E-state index contributed by atoms with van der Waals surface area (Å²) in [5.74, 6) is -4.01. The molecule has 0 heterocycles. The standard InChI is InChI=1S/C4H11O2PS.2C2H7N.C2H2O4/c1-3-6-7(5,8)4-2;2*1-3-2;3-1(4)2(5)6/h3-4H2,1-2H3,(H,5,8);2*3H,1-2H3;(H,3,4)(H,5,6). The maximum Gasteiger partial charge on any atom is 0.351 e. The number of nitrogens with two attached hydrogens (primary N) is 2. The van der Waals surface area contributed by atoms with Crippen LogP contribution in [0.4, 0.5) is 0 Å². The lowest BCUT2D eigenvalue weighted by atomic mass is 10.7. The molecule has 1 atom stereocenters. The minimum Gasteiger partial charge on any atom is -0.801 e. The SMILES string of the molecule is CCOP([O-])(=S)CC.C[NH2+]C.C[NH2+]C.O=C([O-])C(=O)O. The van der Waals surface area contributed by atoms with Crippen molar-refractivity contribution in [2.45, 2.75) is 13.8 Å². The first-order chi connectivity index (χ1) is 9.09. The highest BCUT2D eigenvalue weighted by Crippen LogP contribution is 2.35. The van der Waals surface area contributed by atoms with Crippen molar-refractivity contribution >= 4 is 30.2 Å². The average Bonchev–Trinajstić information content (AvgIpc) is 2.31. The fourth-order valence-corrected chi connectivity index (χ4v) is 1.18. The number of aliphatic carboxylic acids is 2. The van der Waals surface area contributed by atoms with Gasteiger partial charge in [0.2, 0.25) is 0 Å². The van der Waals surface area contributed by atoms with Gasteiger partial charge in [-0.05, 0) is 19.6 Å². The summed E-state index contributed by atoms with van der Waals surface area (Å²) in [6.45, 7) is 1.42. The molecule has 8 nitrogen and oxygen atoms in total. The Bertz CT molecular complexity index is 264. The summed E-state index contributed by atoms with van der Waals surface area (Å²) in [5, 5.41) is 20.3. The Labute approximate surface area is 125 Å². The van der Waals surface area contributed by atoms with Crippen LogP contribution in [0.2, 0.25) is 0 Å². The van der Waals surface area contributed by atoms with E-state index in [2.05, 4.69) is 11.8 Å². The maximum atomic E-state index is 10.8. The Hall–Kier alpha value is -0.570. The molecule has 0 radical (unpaired) electrons. The summed E-state index contributed by atoms with van der Waals surface area (Å²) in [7, 11) is 8.00. The third-order valence-electron chi connectivity index (χ3n) is 0.888. The van der Waals surface area contributed by atoms with Gasteiger partial charge in [0.15, 0.2) is 5.97 Å². The van der Waals surface area contributed by atoms with E-state index in [-0.39, 0.29) is 0 Å². The van der Waals surface area contributed by atoms with Crippen molar-refractivity contribution in [2.24, 2.45) is 0 Å². The monoisotopic (exact) mass is 334 g/mol. The van der Waals surface area contributed by atoms with Gasteiger partial charge >= 0.3 is 5.97 Å². The summed E-state index contributed by atoms with van der Waals surface area (Å²) in [5.41, 5.74) is 0. The summed E-state index contributed by atoms with van der Waals surface area (Å²) in [4.78, 5) is 28.8. The van der Waals surface area contributed by atoms with Crippen LogP contribution in [0.25, 0.3) is 0 Å². The van der Waals surface area contributed by atoms with Crippen LogP contribution in [0.1, 0.15) is 13.8 Å². The van der Waals surface area contributed by atoms with Crippen LogP contribution in [0.3, 0.4) is 0 Å². The Morgan fingerprint density at radius 1 is 1.20 bits per heavy atom. The van der Waals surface area contributed by atoms with Crippen LogP contribution in [-0.2, 0) is 25.9 Å². The van der Waals surface area contributed by atoms with E-state index in [0.29, 0.717) is 12.8 Å². The van der Waals surface area contributed by atoms with Gasteiger partial charge in [0, 0.05) is 6.61 Å². The third kappa shape index (κ3) is 43.3. The largest absolute Gasteiger partial charge is 0.801 e. The van der Waals surface area contributed by atoms with Crippen molar-refractivity contribution in [3.05, 3.63) is 0 Å². The molecule has 5 N–H and O–H groups in total. The second-order valence-electron chi connectivity index (χ2n) is 3.09. The molecule has 20 heavy (non-hydrogen) atoms. The van der Waals surface area contributed by atoms with Gasteiger partial charge < -0.3 is 35.1 Å². The van der Waals surface area contributed by atoms with E-state index >= 15 is 0 Å². The molecule has 0 aliphatic carbocycles. The molecule has 0 aromatic carbocycles. The molecule has 0 aliphatic heterocycles. The van der Waals surface area contributed by atoms with E-state index in [1.165, 1.54) is 0 Å². The Kier molecular flexibility index (Phi) is 28.7. The Morgan fingerprint density at radius 3 is 1.50 bits per heavy atom. The summed E-state index contributed by atoms with van der Waals surface area (Å²) >= 11 is 4.58. The third-order valence-corrected chi connectivity index (χ3v) is 3.40. The fraction of sp³-hybridized carbons (Fsp3) is 0.800. The van der Waals surface area contributed by atoms with Crippen LogP contribution in [0.5, 0.6) is 0 Å². The van der Waals surface area contributed by atoms with Gasteiger partial charge in [-0.3, -0.25) is 0 Å². The second kappa shape index (κ2) is 20.7. The first kappa shape index (κ1) is 27.7. The minimum atomic E-state index is -2.59. The highest BCUT2D eigenvalue weighted by molar-refractivity contribution is 8.08. The summed E-state index contributed by atoms with van der Waals surface area (Å²) < 4.78 is 4.75. The topological polar surface area (TPSA) is 143 Å². The number of carbonyl (C=O) groups is 2. The molecule has 0 saturated carbocycles. The van der Waals surface area contributed by atoms with E-state index in [1.807, 2.05) is 38.8 Å². The predicted octanol–water partition coefficient (Wildman–Crippen LogP) is -3.85. The van der Waals surface area contributed by atoms with E-state index in [9.17, 15) is 4.89 Å². The van der Waals surface area contributed by atoms with Crippen molar-refractivity contribution in [1.29, 1.82) is 0 Å². The molecule has 10 heteroatoms. The normalized spacial score (nSPS) is 11.2. The van der Waals surface area contributed by atoms with E-state index in [1.54, 1.807) is 13.8 Å². The first-order valence-electron chi connectivity index (χ1n) is 5.96. The number of quaternary nitrogens is 2. The maximum absolute atomic E-state index is 10.8. The minimum absolute atomic E-state index is 0.453. The highest BCUT2D eigenvalue weighted by atomic mass is 32.5. The lowest BCUT2D eigenvalue weighted by Crippen LogP contribution is -2.74. The molecule has 0 bridgehead atoms. The molecular formula is C10H27N2O6PS. The summed E-state index contributed by atoms with van der Waals surface area (Å²) in [6, 6.07) is 0. The zero-order valence-corrected chi connectivity index (χ0v) is 14.6. The highest BCUT2D eigenvalue weighted by Gasteiger charge is 1.94. The van der Waals surface area contributed by atoms with Gasteiger partial charge in [-0.2, -0.15) is 0 Å². The number of carboxylic acids is 2. The fourth-order valence-electron chi connectivity index (χ4n) is 0.288. The van der Waals surface area contributed by atoms with Crippen molar-refractivity contribution in [2.75, 3.05) is 41.0 Å². The predicted molar refractivity (Wildman–Crippen MR) is 76.6 cm³/mol. The van der Waals surface area contributed by atoms with Gasteiger partial charge in [-0.15, -0.1) is 0 Å². The van der Waals surface area contributed by atoms with Gasteiger partial charge in [0.1, 0.15) is 0 Å².